The van der Waals surface area contributed by atoms with Crippen LogP contribution in [0.1, 0.15) is 38.6 Å². The maximum absolute atomic E-state index is 5.53. The number of aryl methyl sites for hydroxylation is 1. The largest absolute Gasteiger partial charge is 0.368 e. The summed E-state index contributed by atoms with van der Waals surface area (Å²) in [7, 11) is 0. The Bertz CT molecular complexity index is 403. The first-order chi connectivity index (χ1) is 9.65. The number of hydrogen-bond donors (Lipinski definition) is 3. The molecule has 1 heterocycles. The minimum absolute atomic E-state index is 0.703. The first-order valence-corrected chi connectivity index (χ1v) is 7.46. The highest BCUT2D eigenvalue weighted by molar-refractivity contribution is 5.56. The summed E-state index contributed by atoms with van der Waals surface area (Å²) in [6.07, 6.45) is 1.88. The van der Waals surface area contributed by atoms with E-state index >= 15 is 0 Å². The molecule has 0 spiro atoms. The molecule has 0 fully saturated rings. The second-order valence-electron chi connectivity index (χ2n) is 4.81. The van der Waals surface area contributed by atoms with Crippen LogP contribution in [0.15, 0.2) is 0 Å². The fourth-order valence-electron chi connectivity index (χ4n) is 2.08. The van der Waals surface area contributed by atoms with E-state index in [1.807, 2.05) is 6.92 Å². The van der Waals surface area contributed by atoms with Crippen molar-refractivity contribution in [2.24, 2.45) is 5.84 Å². The maximum atomic E-state index is 5.53. The van der Waals surface area contributed by atoms with Crippen LogP contribution in [0.3, 0.4) is 0 Å². The Morgan fingerprint density at radius 1 is 1.10 bits per heavy atom. The Balaban J connectivity index is 2.74. The summed E-state index contributed by atoms with van der Waals surface area (Å²) >= 11 is 0. The van der Waals surface area contributed by atoms with Gasteiger partial charge in [0.15, 0.2) is 0 Å². The molecule has 0 aliphatic carbocycles. The van der Waals surface area contributed by atoms with E-state index < -0.39 is 0 Å². The van der Waals surface area contributed by atoms with E-state index in [0.717, 1.165) is 56.2 Å². The summed E-state index contributed by atoms with van der Waals surface area (Å²) in [5.74, 6) is 7.94. The van der Waals surface area contributed by atoms with Gasteiger partial charge in [-0.1, -0.05) is 20.8 Å². The van der Waals surface area contributed by atoms with Gasteiger partial charge in [-0.2, -0.15) is 0 Å². The Hall–Kier alpha value is -1.40. The molecule has 0 bridgehead atoms. The molecule has 0 atom stereocenters. The topological polar surface area (TPSA) is 79.1 Å². The van der Waals surface area contributed by atoms with Crippen LogP contribution in [0.2, 0.25) is 0 Å². The van der Waals surface area contributed by atoms with Crippen LogP contribution in [-0.2, 0) is 6.42 Å². The van der Waals surface area contributed by atoms with Gasteiger partial charge in [0.25, 0.3) is 0 Å². The molecule has 6 nitrogen and oxygen atoms in total. The van der Waals surface area contributed by atoms with Crippen molar-refractivity contribution in [3.8, 4) is 0 Å². The van der Waals surface area contributed by atoms with E-state index in [-0.39, 0.29) is 0 Å². The molecule has 0 saturated carbocycles. The van der Waals surface area contributed by atoms with E-state index in [9.17, 15) is 0 Å². The van der Waals surface area contributed by atoms with Gasteiger partial charge in [0, 0.05) is 25.1 Å². The van der Waals surface area contributed by atoms with E-state index in [1.165, 1.54) is 0 Å². The molecular weight excluding hydrogens is 252 g/mol. The number of likely N-dealkylation sites (N-methyl/N-ethyl adjacent to an activating group) is 1. The fourth-order valence-corrected chi connectivity index (χ4v) is 2.08. The molecule has 0 saturated heterocycles. The second kappa shape index (κ2) is 8.71. The standard InChI is InChI=1S/C14H28N6/c1-5-8-12-17-13(11(4)14(18-12)19-15)16-9-10-20(6-2)7-3/h5-10,15H2,1-4H3,(H2,16,17,18,19). The average Bonchev–Trinajstić information content (AvgIpc) is 2.46. The van der Waals surface area contributed by atoms with E-state index in [0.29, 0.717) is 5.82 Å². The molecule has 1 rings (SSSR count). The molecule has 0 unspecified atom stereocenters. The molecular formula is C14H28N6. The van der Waals surface area contributed by atoms with Crippen LogP contribution in [0.4, 0.5) is 11.6 Å². The summed E-state index contributed by atoms with van der Waals surface area (Å²) in [6, 6.07) is 0. The first-order valence-electron chi connectivity index (χ1n) is 7.46. The third-order valence-electron chi connectivity index (χ3n) is 3.42. The minimum atomic E-state index is 0.703. The number of anilines is 2. The Morgan fingerprint density at radius 2 is 1.75 bits per heavy atom. The normalized spacial score (nSPS) is 10.9. The predicted molar refractivity (Wildman–Crippen MR) is 84.9 cm³/mol. The van der Waals surface area contributed by atoms with Gasteiger partial charge in [0.1, 0.15) is 17.5 Å². The molecule has 0 aliphatic heterocycles. The van der Waals surface area contributed by atoms with Crippen LogP contribution in [0.25, 0.3) is 0 Å². The van der Waals surface area contributed by atoms with E-state index in [1.54, 1.807) is 0 Å². The van der Waals surface area contributed by atoms with Crippen molar-refractivity contribution >= 4 is 11.6 Å². The van der Waals surface area contributed by atoms with Crippen LogP contribution in [0.5, 0.6) is 0 Å². The van der Waals surface area contributed by atoms with Gasteiger partial charge in [0.2, 0.25) is 0 Å². The number of nitrogens with one attached hydrogen (secondary N) is 2. The molecule has 4 N–H and O–H groups in total. The summed E-state index contributed by atoms with van der Waals surface area (Å²) in [6.45, 7) is 12.5. The number of hydrazine groups is 1. The summed E-state index contributed by atoms with van der Waals surface area (Å²) in [5.41, 5.74) is 3.62. The lowest BCUT2D eigenvalue weighted by atomic mass is 10.2. The maximum Gasteiger partial charge on any atom is 0.148 e. The number of rotatable bonds is 9. The average molecular weight is 280 g/mol. The zero-order chi connectivity index (χ0) is 15.0. The first kappa shape index (κ1) is 16.7. The third kappa shape index (κ3) is 4.61. The number of nitrogens with two attached hydrogens (primary N) is 1. The number of aromatic nitrogens is 2. The highest BCUT2D eigenvalue weighted by atomic mass is 15.3. The minimum Gasteiger partial charge on any atom is -0.368 e. The van der Waals surface area contributed by atoms with Crippen LogP contribution in [0, 0.1) is 6.92 Å². The lowest BCUT2D eigenvalue weighted by Crippen LogP contribution is -2.29. The van der Waals surface area contributed by atoms with Crippen molar-refractivity contribution < 1.29 is 0 Å². The van der Waals surface area contributed by atoms with Crippen LogP contribution < -0.4 is 16.6 Å². The number of nitrogens with zero attached hydrogens (tertiary/aromatic N) is 3. The van der Waals surface area contributed by atoms with Crippen molar-refractivity contribution in [1.29, 1.82) is 0 Å². The Labute approximate surface area is 122 Å². The van der Waals surface area contributed by atoms with Gasteiger partial charge >= 0.3 is 0 Å². The second-order valence-corrected chi connectivity index (χ2v) is 4.81. The van der Waals surface area contributed by atoms with Gasteiger partial charge in [-0.25, -0.2) is 15.8 Å². The molecule has 20 heavy (non-hydrogen) atoms. The fraction of sp³-hybridized carbons (Fsp3) is 0.714. The highest BCUT2D eigenvalue weighted by Gasteiger charge is 2.10. The molecule has 0 radical (unpaired) electrons. The monoisotopic (exact) mass is 280 g/mol. The van der Waals surface area contributed by atoms with Gasteiger partial charge in [-0.15, -0.1) is 0 Å². The van der Waals surface area contributed by atoms with Gasteiger partial charge in [0.05, 0.1) is 0 Å². The molecule has 0 amide bonds. The van der Waals surface area contributed by atoms with Gasteiger partial charge < -0.3 is 15.6 Å². The van der Waals surface area contributed by atoms with Crippen molar-refractivity contribution in [1.82, 2.24) is 14.9 Å². The third-order valence-corrected chi connectivity index (χ3v) is 3.42. The predicted octanol–water partition coefficient (Wildman–Crippen LogP) is 1.78. The quantitative estimate of drug-likeness (QED) is 0.473. The summed E-state index contributed by atoms with van der Waals surface area (Å²) in [5, 5.41) is 3.40. The zero-order valence-electron chi connectivity index (χ0n) is 13.2. The molecule has 114 valence electrons. The highest BCUT2D eigenvalue weighted by Crippen LogP contribution is 2.19. The zero-order valence-corrected chi connectivity index (χ0v) is 13.2. The lowest BCUT2D eigenvalue weighted by Gasteiger charge is -2.19. The van der Waals surface area contributed by atoms with Gasteiger partial charge in [-0.05, 0) is 26.4 Å². The SMILES string of the molecule is CCCc1nc(NN)c(C)c(NCCN(CC)CC)n1. The summed E-state index contributed by atoms with van der Waals surface area (Å²) in [4.78, 5) is 11.4. The molecule has 0 aromatic carbocycles. The lowest BCUT2D eigenvalue weighted by molar-refractivity contribution is 0.316. The molecule has 1 aromatic heterocycles. The molecule has 6 heteroatoms. The Kier molecular flexibility index (Phi) is 7.25. The van der Waals surface area contributed by atoms with Crippen molar-refractivity contribution in [3.05, 3.63) is 11.4 Å². The summed E-state index contributed by atoms with van der Waals surface area (Å²) < 4.78 is 0. The van der Waals surface area contributed by atoms with Crippen LogP contribution in [-0.4, -0.2) is 41.0 Å². The van der Waals surface area contributed by atoms with E-state index in [4.69, 9.17) is 5.84 Å². The van der Waals surface area contributed by atoms with Crippen molar-refractivity contribution in [3.63, 3.8) is 0 Å². The smallest absolute Gasteiger partial charge is 0.148 e. The molecule has 1 aromatic rings. The number of nitrogen functional groups attached to an aromatic ring is 1. The van der Waals surface area contributed by atoms with Gasteiger partial charge in [-0.3, -0.25) is 0 Å². The Morgan fingerprint density at radius 3 is 2.30 bits per heavy atom. The van der Waals surface area contributed by atoms with Crippen LogP contribution >= 0.6 is 0 Å². The van der Waals surface area contributed by atoms with Crippen molar-refractivity contribution in [2.75, 3.05) is 36.9 Å². The van der Waals surface area contributed by atoms with Crippen molar-refractivity contribution in [2.45, 2.75) is 40.5 Å². The molecule has 0 aliphatic rings. The van der Waals surface area contributed by atoms with E-state index in [2.05, 4.69) is 46.4 Å². The number of hydrogen-bond acceptors (Lipinski definition) is 6.